The lowest BCUT2D eigenvalue weighted by Gasteiger charge is -2.05. The first-order valence-corrected chi connectivity index (χ1v) is 6.02. The average molecular weight is 257 g/mol. The van der Waals surface area contributed by atoms with Crippen molar-refractivity contribution in [2.45, 2.75) is 19.3 Å². The molecule has 1 aromatic carbocycles. The van der Waals surface area contributed by atoms with E-state index in [2.05, 4.69) is 4.74 Å². The van der Waals surface area contributed by atoms with Crippen LogP contribution in [0.25, 0.3) is 0 Å². The van der Waals surface area contributed by atoms with E-state index in [0.29, 0.717) is 22.9 Å². The van der Waals surface area contributed by atoms with Gasteiger partial charge in [0, 0.05) is 10.6 Å². The van der Waals surface area contributed by atoms with E-state index in [0.717, 1.165) is 12.8 Å². The topological polar surface area (TPSA) is 26.3 Å². The first-order valence-electron chi connectivity index (χ1n) is 5.64. The zero-order valence-electron chi connectivity index (χ0n) is 9.58. The van der Waals surface area contributed by atoms with Crippen LogP contribution in [0.4, 0.5) is 4.39 Å². The van der Waals surface area contributed by atoms with Crippen LogP contribution >= 0.6 is 11.6 Å². The van der Waals surface area contributed by atoms with Gasteiger partial charge in [-0.05, 0) is 37.3 Å². The highest BCUT2D eigenvalue weighted by Crippen LogP contribution is 2.43. The molecule has 1 aliphatic carbocycles. The van der Waals surface area contributed by atoms with Crippen molar-refractivity contribution in [2.75, 3.05) is 7.11 Å². The largest absolute Gasteiger partial charge is 0.469 e. The molecule has 1 aliphatic rings. The number of hydrogen-bond donors (Lipinski definition) is 0. The maximum Gasteiger partial charge on any atom is 0.308 e. The van der Waals surface area contributed by atoms with Crippen LogP contribution in [0.5, 0.6) is 0 Å². The van der Waals surface area contributed by atoms with E-state index in [1.807, 2.05) is 0 Å². The van der Waals surface area contributed by atoms with Crippen molar-refractivity contribution in [2.24, 2.45) is 11.8 Å². The Morgan fingerprint density at radius 1 is 1.59 bits per heavy atom. The summed E-state index contributed by atoms with van der Waals surface area (Å²) in [7, 11) is 1.39. The maximum absolute atomic E-state index is 13.5. The third-order valence-electron chi connectivity index (χ3n) is 3.25. The third kappa shape index (κ3) is 2.78. The Labute approximate surface area is 105 Å². The molecule has 0 aromatic heterocycles. The highest BCUT2D eigenvalue weighted by molar-refractivity contribution is 6.31. The van der Waals surface area contributed by atoms with Crippen LogP contribution in [0.3, 0.4) is 0 Å². The predicted molar refractivity (Wildman–Crippen MR) is 63.3 cm³/mol. The summed E-state index contributed by atoms with van der Waals surface area (Å²) in [6.07, 6.45) is 2.20. The Morgan fingerprint density at radius 2 is 2.35 bits per heavy atom. The summed E-state index contributed by atoms with van der Waals surface area (Å²) in [6, 6.07) is 4.69. The number of hydrogen-bond acceptors (Lipinski definition) is 2. The minimum Gasteiger partial charge on any atom is -0.469 e. The highest BCUT2D eigenvalue weighted by atomic mass is 35.5. The summed E-state index contributed by atoms with van der Waals surface area (Å²) in [5.74, 6) is -0.105. The van der Waals surface area contributed by atoms with Gasteiger partial charge in [0.25, 0.3) is 0 Å². The van der Waals surface area contributed by atoms with Gasteiger partial charge in [0.1, 0.15) is 5.82 Å². The van der Waals surface area contributed by atoms with E-state index in [1.165, 1.54) is 13.2 Å². The zero-order chi connectivity index (χ0) is 12.4. The lowest BCUT2D eigenvalue weighted by atomic mass is 10.1. The number of carbonyl (C=O) groups is 1. The fraction of sp³-hybridized carbons (Fsp3) is 0.462. The molecule has 92 valence electrons. The molecule has 1 aromatic rings. The van der Waals surface area contributed by atoms with Crippen LogP contribution in [0.2, 0.25) is 5.02 Å². The summed E-state index contributed by atoms with van der Waals surface area (Å²) in [5, 5.41) is 0.459. The average Bonchev–Trinajstić information content (AvgIpc) is 3.07. The summed E-state index contributed by atoms with van der Waals surface area (Å²) in [5.41, 5.74) is 0.546. The summed E-state index contributed by atoms with van der Waals surface area (Å²) >= 11 is 5.93. The van der Waals surface area contributed by atoms with Gasteiger partial charge >= 0.3 is 5.97 Å². The number of esters is 1. The van der Waals surface area contributed by atoms with Gasteiger partial charge in [-0.3, -0.25) is 4.79 Å². The van der Waals surface area contributed by atoms with E-state index in [4.69, 9.17) is 11.6 Å². The van der Waals surface area contributed by atoms with Crippen LogP contribution in [-0.2, 0) is 16.0 Å². The number of rotatable bonds is 4. The predicted octanol–water partition coefficient (Wildman–Crippen LogP) is 3.22. The van der Waals surface area contributed by atoms with Crippen molar-refractivity contribution < 1.29 is 13.9 Å². The fourth-order valence-electron chi connectivity index (χ4n) is 2.11. The molecule has 0 bridgehead atoms. The van der Waals surface area contributed by atoms with Crippen LogP contribution in [0, 0.1) is 17.7 Å². The molecule has 0 aliphatic heterocycles. The van der Waals surface area contributed by atoms with Crippen LogP contribution < -0.4 is 0 Å². The minimum atomic E-state index is -0.271. The fourth-order valence-corrected chi connectivity index (χ4v) is 2.37. The quantitative estimate of drug-likeness (QED) is 0.773. The molecule has 2 atom stereocenters. The molecule has 2 nitrogen and oxygen atoms in total. The monoisotopic (exact) mass is 256 g/mol. The van der Waals surface area contributed by atoms with Gasteiger partial charge < -0.3 is 4.74 Å². The molecule has 17 heavy (non-hydrogen) atoms. The molecule has 0 spiro atoms. The number of ether oxygens (including phenoxy) is 1. The zero-order valence-corrected chi connectivity index (χ0v) is 10.3. The smallest absolute Gasteiger partial charge is 0.308 e. The van der Waals surface area contributed by atoms with Gasteiger partial charge in [0.15, 0.2) is 0 Å². The van der Waals surface area contributed by atoms with E-state index in [9.17, 15) is 9.18 Å². The molecule has 0 radical (unpaired) electrons. The van der Waals surface area contributed by atoms with Crippen LogP contribution in [-0.4, -0.2) is 13.1 Å². The summed E-state index contributed by atoms with van der Waals surface area (Å²) < 4.78 is 18.1. The van der Waals surface area contributed by atoms with Gasteiger partial charge in [-0.1, -0.05) is 17.7 Å². The molecule has 1 saturated carbocycles. The minimum absolute atomic E-state index is 0.00514. The van der Waals surface area contributed by atoms with Crippen molar-refractivity contribution >= 4 is 17.6 Å². The van der Waals surface area contributed by atoms with Gasteiger partial charge in [-0.15, -0.1) is 0 Å². The van der Waals surface area contributed by atoms with E-state index < -0.39 is 0 Å². The Hall–Kier alpha value is -1.09. The Kier molecular flexibility index (Phi) is 3.67. The Balaban J connectivity index is 1.90. The van der Waals surface area contributed by atoms with Crippen molar-refractivity contribution in [3.63, 3.8) is 0 Å². The molecular weight excluding hydrogens is 243 g/mol. The van der Waals surface area contributed by atoms with E-state index in [-0.39, 0.29) is 17.7 Å². The number of benzene rings is 1. The molecule has 2 unspecified atom stereocenters. The van der Waals surface area contributed by atoms with Crippen molar-refractivity contribution in [1.82, 2.24) is 0 Å². The van der Waals surface area contributed by atoms with Crippen LogP contribution in [0.1, 0.15) is 18.4 Å². The molecule has 4 heteroatoms. The SMILES string of the molecule is COC(=O)C1CC1CCc1c(F)cccc1Cl. The molecule has 0 heterocycles. The first-order chi connectivity index (χ1) is 8.13. The third-order valence-corrected chi connectivity index (χ3v) is 3.61. The van der Waals surface area contributed by atoms with Gasteiger partial charge in [-0.2, -0.15) is 0 Å². The van der Waals surface area contributed by atoms with Crippen LogP contribution in [0.15, 0.2) is 18.2 Å². The molecule has 0 amide bonds. The second-order valence-corrected chi connectivity index (χ2v) is 4.77. The molecule has 0 saturated heterocycles. The summed E-state index contributed by atoms with van der Waals surface area (Å²) in [4.78, 5) is 11.2. The highest BCUT2D eigenvalue weighted by Gasteiger charge is 2.43. The Bertz CT molecular complexity index is 413. The standard InChI is InChI=1S/C13H14ClFO2/c1-17-13(16)10-7-8(10)5-6-9-11(14)3-2-4-12(9)15/h2-4,8,10H,5-7H2,1H3. The molecule has 1 fully saturated rings. The number of halogens is 2. The molecular formula is C13H14ClFO2. The van der Waals surface area contributed by atoms with Crippen molar-refractivity contribution in [3.8, 4) is 0 Å². The number of methoxy groups -OCH3 is 1. The van der Waals surface area contributed by atoms with Gasteiger partial charge in [0.2, 0.25) is 0 Å². The first kappa shape index (κ1) is 12.4. The van der Waals surface area contributed by atoms with E-state index in [1.54, 1.807) is 12.1 Å². The van der Waals surface area contributed by atoms with Crippen molar-refractivity contribution in [3.05, 3.63) is 34.6 Å². The Morgan fingerprint density at radius 3 is 3.00 bits per heavy atom. The maximum atomic E-state index is 13.5. The summed E-state index contributed by atoms with van der Waals surface area (Å²) in [6.45, 7) is 0. The van der Waals surface area contributed by atoms with E-state index >= 15 is 0 Å². The molecule has 2 rings (SSSR count). The lowest BCUT2D eigenvalue weighted by Crippen LogP contribution is -2.05. The van der Waals surface area contributed by atoms with Gasteiger partial charge in [-0.25, -0.2) is 4.39 Å². The normalized spacial score (nSPS) is 22.3. The second-order valence-electron chi connectivity index (χ2n) is 4.36. The van der Waals surface area contributed by atoms with Gasteiger partial charge in [0.05, 0.1) is 13.0 Å². The second kappa shape index (κ2) is 5.05. The number of carbonyl (C=O) groups excluding carboxylic acids is 1. The van der Waals surface area contributed by atoms with Crippen molar-refractivity contribution in [1.29, 1.82) is 0 Å². The lowest BCUT2D eigenvalue weighted by molar-refractivity contribution is -0.142. The molecule has 0 N–H and O–H groups in total.